The van der Waals surface area contributed by atoms with Gasteiger partial charge in [-0.1, -0.05) is 12.7 Å². The number of rotatable bonds is 1. The molecule has 0 unspecified atom stereocenters. The van der Waals surface area contributed by atoms with Gasteiger partial charge in [0.15, 0.2) is 5.83 Å². The van der Waals surface area contributed by atoms with Crippen molar-refractivity contribution < 1.29 is 4.39 Å². The third-order valence-corrected chi connectivity index (χ3v) is 0.371. The first-order valence-corrected chi connectivity index (χ1v) is 1.69. The number of nitriles is 1. The predicted octanol–water partition coefficient (Wildman–Crippen LogP) is 1.55. The molecule has 0 spiro atoms. The van der Waals surface area contributed by atoms with Gasteiger partial charge >= 0.3 is 0 Å². The summed E-state index contributed by atoms with van der Waals surface area (Å²) in [5.41, 5.74) is 0. The molecule has 36 valence electrons. The van der Waals surface area contributed by atoms with E-state index >= 15 is 0 Å². The van der Waals surface area contributed by atoms with E-state index < -0.39 is 5.83 Å². The topological polar surface area (TPSA) is 23.8 Å². The third-order valence-electron chi connectivity index (χ3n) is 0.371. The lowest BCUT2D eigenvalue weighted by Crippen LogP contribution is -1.57. The van der Waals surface area contributed by atoms with Gasteiger partial charge in [-0.25, -0.2) is 0 Å². The summed E-state index contributed by atoms with van der Waals surface area (Å²) in [6, 6.07) is 1.29. The standard InChI is InChI=1S/C5H4FN/c1-2-3-5(6)4-7/h2-3H,1H2/b5-3-. The molecule has 7 heavy (non-hydrogen) atoms. The Morgan fingerprint density at radius 1 is 1.86 bits per heavy atom. The largest absolute Gasteiger partial charge is 0.199 e. The van der Waals surface area contributed by atoms with Crippen molar-refractivity contribution in [2.75, 3.05) is 0 Å². The molecule has 0 radical (unpaired) electrons. The molecule has 1 nitrogen and oxygen atoms in total. The molecule has 0 fully saturated rings. The van der Waals surface area contributed by atoms with Gasteiger partial charge < -0.3 is 0 Å². The van der Waals surface area contributed by atoms with Crippen LogP contribution in [0.3, 0.4) is 0 Å². The average molecular weight is 97.1 g/mol. The highest BCUT2D eigenvalue weighted by molar-refractivity contribution is 5.16. The van der Waals surface area contributed by atoms with Crippen molar-refractivity contribution in [3.05, 3.63) is 24.6 Å². The van der Waals surface area contributed by atoms with Gasteiger partial charge in [-0.2, -0.15) is 9.65 Å². The molecule has 0 bridgehead atoms. The molecule has 0 aromatic rings. The Morgan fingerprint density at radius 2 is 2.43 bits per heavy atom. The number of allylic oxidation sites excluding steroid dienone is 3. The van der Waals surface area contributed by atoms with Crippen LogP contribution in [0.5, 0.6) is 0 Å². The predicted molar refractivity (Wildman–Crippen MR) is 25.0 cm³/mol. The van der Waals surface area contributed by atoms with Crippen molar-refractivity contribution in [2.24, 2.45) is 0 Å². The summed E-state index contributed by atoms with van der Waals surface area (Å²) < 4.78 is 11.6. The van der Waals surface area contributed by atoms with E-state index in [2.05, 4.69) is 6.58 Å². The summed E-state index contributed by atoms with van der Waals surface area (Å²) in [7, 11) is 0. The third kappa shape index (κ3) is 2.71. The molecule has 0 atom stereocenters. The van der Waals surface area contributed by atoms with Gasteiger partial charge in [-0.05, 0) is 6.08 Å². The van der Waals surface area contributed by atoms with E-state index in [1.807, 2.05) is 0 Å². The van der Waals surface area contributed by atoms with Crippen LogP contribution >= 0.6 is 0 Å². The molecular weight excluding hydrogens is 93.1 g/mol. The highest BCUT2D eigenvalue weighted by atomic mass is 19.1. The van der Waals surface area contributed by atoms with E-state index in [-0.39, 0.29) is 0 Å². The highest BCUT2D eigenvalue weighted by Gasteiger charge is 1.80. The molecule has 0 N–H and O–H groups in total. The Balaban J connectivity index is 3.80. The van der Waals surface area contributed by atoms with E-state index in [4.69, 9.17) is 5.26 Å². The molecule has 0 heterocycles. The lowest BCUT2D eigenvalue weighted by Gasteiger charge is -1.67. The molecule has 0 aliphatic heterocycles. The molecule has 0 aliphatic carbocycles. The Bertz CT molecular complexity index is 130. The zero-order chi connectivity index (χ0) is 5.70. The fourth-order valence-electron chi connectivity index (χ4n) is 0.141. The van der Waals surface area contributed by atoms with Crippen LogP contribution in [0.2, 0.25) is 0 Å². The summed E-state index contributed by atoms with van der Waals surface area (Å²) in [5.74, 6) is -0.810. The fraction of sp³-hybridized carbons (Fsp3) is 0. The number of nitrogens with zero attached hydrogens (tertiary/aromatic N) is 1. The number of hydrogen-bond acceptors (Lipinski definition) is 1. The molecule has 0 aliphatic rings. The second kappa shape index (κ2) is 3.10. The van der Waals surface area contributed by atoms with Crippen molar-refractivity contribution in [3.8, 4) is 6.07 Å². The van der Waals surface area contributed by atoms with Crippen LogP contribution in [0.4, 0.5) is 4.39 Å². The quantitative estimate of drug-likeness (QED) is 0.359. The van der Waals surface area contributed by atoms with Crippen LogP contribution < -0.4 is 0 Å². The maximum atomic E-state index is 11.6. The van der Waals surface area contributed by atoms with Gasteiger partial charge in [-0.3, -0.25) is 0 Å². The van der Waals surface area contributed by atoms with E-state index in [1.54, 1.807) is 0 Å². The normalized spacial score (nSPS) is 10.0. The molecule has 0 saturated carbocycles. The second-order valence-electron chi connectivity index (χ2n) is 0.862. The summed E-state index contributed by atoms with van der Waals surface area (Å²) in [4.78, 5) is 0. The Morgan fingerprint density at radius 3 is 2.57 bits per heavy atom. The highest BCUT2D eigenvalue weighted by Crippen LogP contribution is 1.90. The number of hydrogen-bond donors (Lipinski definition) is 0. The lowest BCUT2D eigenvalue weighted by molar-refractivity contribution is 0.672. The minimum atomic E-state index is -0.810. The Labute approximate surface area is 41.4 Å². The first-order chi connectivity index (χ1) is 3.31. The maximum absolute atomic E-state index is 11.6. The second-order valence-corrected chi connectivity index (χ2v) is 0.862. The molecule has 0 aromatic heterocycles. The average Bonchev–Trinajstić information content (AvgIpc) is 1.68. The van der Waals surface area contributed by atoms with Crippen LogP contribution in [0.1, 0.15) is 0 Å². The van der Waals surface area contributed by atoms with Crippen molar-refractivity contribution >= 4 is 0 Å². The van der Waals surface area contributed by atoms with Gasteiger partial charge in [0.25, 0.3) is 0 Å². The molecule has 0 aromatic carbocycles. The van der Waals surface area contributed by atoms with E-state index in [1.165, 1.54) is 12.1 Å². The summed E-state index contributed by atoms with van der Waals surface area (Å²) in [5, 5.41) is 7.72. The van der Waals surface area contributed by atoms with Gasteiger partial charge in [0.2, 0.25) is 0 Å². The van der Waals surface area contributed by atoms with Crippen molar-refractivity contribution in [2.45, 2.75) is 0 Å². The van der Waals surface area contributed by atoms with E-state index in [0.717, 1.165) is 6.08 Å². The maximum Gasteiger partial charge on any atom is 0.199 e. The van der Waals surface area contributed by atoms with E-state index in [0.29, 0.717) is 0 Å². The molecule has 0 amide bonds. The van der Waals surface area contributed by atoms with E-state index in [9.17, 15) is 4.39 Å². The van der Waals surface area contributed by atoms with Gasteiger partial charge in [0.1, 0.15) is 6.07 Å². The monoisotopic (exact) mass is 97.0 g/mol. The van der Waals surface area contributed by atoms with Crippen LogP contribution in [0.25, 0.3) is 0 Å². The van der Waals surface area contributed by atoms with Gasteiger partial charge in [0, 0.05) is 0 Å². The number of halogens is 1. The van der Waals surface area contributed by atoms with Crippen molar-refractivity contribution in [1.29, 1.82) is 5.26 Å². The lowest BCUT2D eigenvalue weighted by atomic mass is 10.5. The van der Waals surface area contributed by atoms with Crippen LogP contribution in [-0.4, -0.2) is 0 Å². The molecule has 0 rings (SSSR count). The first-order valence-electron chi connectivity index (χ1n) is 1.69. The smallest absolute Gasteiger partial charge is 0.195 e. The van der Waals surface area contributed by atoms with Crippen LogP contribution in [-0.2, 0) is 0 Å². The minimum absolute atomic E-state index is 0.810. The first kappa shape index (κ1) is 5.90. The zero-order valence-electron chi connectivity index (χ0n) is 3.69. The summed E-state index contributed by atoms with van der Waals surface area (Å²) in [6.07, 6.45) is 2.22. The van der Waals surface area contributed by atoms with Crippen LogP contribution in [0, 0.1) is 11.3 Å². The summed E-state index contributed by atoms with van der Waals surface area (Å²) >= 11 is 0. The molecule has 2 heteroatoms. The SMILES string of the molecule is C=C/C=C(\F)C#N. The molecular formula is C5H4FN. The minimum Gasteiger partial charge on any atom is -0.195 e. The van der Waals surface area contributed by atoms with Crippen molar-refractivity contribution in [1.82, 2.24) is 0 Å². The zero-order valence-corrected chi connectivity index (χ0v) is 3.69. The van der Waals surface area contributed by atoms with Crippen molar-refractivity contribution in [3.63, 3.8) is 0 Å². The van der Waals surface area contributed by atoms with Gasteiger partial charge in [-0.15, -0.1) is 0 Å². The van der Waals surface area contributed by atoms with Gasteiger partial charge in [0.05, 0.1) is 0 Å². The Hall–Kier alpha value is -1.10. The fourth-order valence-corrected chi connectivity index (χ4v) is 0.141. The molecule has 0 saturated heterocycles. The van der Waals surface area contributed by atoms with Crippen LogP contribution in [0.15, 0.2) is 24.6 Å². The Kier molecular flexibility index (Phi) is 2.62. The summed E-state index contributed by atoms with van der Waals surface area (Å²) in [6.45, 7) is 3.18.